The number of nitrogens with two attached hydrogens (primary N) is 1. The van der Waals surface area contributed by atoms with Crippen molar-refractivity contribution < 1.29 is 0 Å². The van der Waals surface area contributed by atoms with Gasteiger partial charge in [-0.15, -0.1) is 0 Å². The molecule has 1 aromatic rings. The average Bonchev–Trinajstić information content (AvgIpc) is 2.51. The number of hydrogen-bond donors (Lipinski definition) is 2. The zero-order chi connectivity index (χ0) is 9.97. The predicted octanol–water partition coefficient (Wildman–Crippen LogP) is 2.26. The first-order valence-electron chi connectivity index (χ1n) is 5.22. The second-order valence-electron chi connectivity index (χ2n) is 4.23. The molecule has 1 heterocycles. The molecule has 1 aliphatic carbocycles. The lowest BCUT2D eigenvalue weighted by atomic mass is 10.1. The third-order valence-corrected chi connectivity index (χ3v) is 2.85. The Morgan fingerprint density at radius 2 is 2.36 bits per heavy atom. The van der Waals surface area contributed by atoms with Gasteiger partial charge in [0, 0.05) is 24.0 Å². The lowest BCUT2D eigenvalue weighted by molar-refractivity contribution is 0.602. The summed E-state index contributed by atoms with van der Waals surface area (Å²) in [6.45, 7) is 2.31. The van der Waals surface area contributed by atoms with Crippen LogP contribution in [0.15, 0.2) is 18.3 Å². The summed E-state index contributed by atoms with van der Waals surface area (Å²) in [7, 11) is 0. The number of rotatable bonds is 2. The maximum atomic E-state index is 5.61. The molecule has 14 heavy (non-hydrogen) atoms. The van der Waals surface area contributed by atoms with Crippen molar-refractivity contribution in [1.82, 2.24) is 4.98 Å². The van der Waals surface area contributed by atoms with E-state index in [0.717, 1.165) is 11.6 Å². The SMILES string of the molecule is CC1CCC(Nc2ccnc(N)c2)C1. The van der Waals surface area contributed by atoms with E-state index >= 15 is 0 Å². The maximum Gasteiger partial charge on any atom is 0.125 e. The topological polar surface area (TPSA) is 50.9 Å². The molecule has 1 fully saturated rings. The summed E-state index contributed by atoms with van der Waals surface area (Å²) in [6, 6.07) is 4.48. The first-order chi connectivity index (χ1) is 6.74. The fourth-order valence-electron chi connectivity index (χ4n) is 2.11. The van der Waals surface area contributed by atoms with E-state index in [4.69, 9.17) is 5.73 Å². The number of nitrogen functional groups attached to an aromatic ring is 1. The van der Waals surface area contributed by atoms with E-state index in [0.29, 0.717) is 11.9 Å². The number of aromatic nitrogens is 1. The number of nitrogens with one attached hydrogen (secondary N) is 1. The molecular formula is C11H17N3. The van der Waals surface area contributed by atoms with Crippen LogP contribution in [0.3, 0.4) is 0 Å². The molecule has 76 valence electrons. The minimum atomic E-state index is 0.584. The van der Waals surface area contributed by atoms with Crippen LogP contribution in [0.4, 0.5) is 11.5 Å². The van der Waals surface area contributed by atoms with Crippen molar-refractivity contribution >= 4 is 11.5 Å². The quantitative estimate of drug-likeness (QED) is 0.754. The monoisotopic (exact) mass is 191 g/mol. The van der Waals surface area contributed by atoms with Gasteiger partial charge in [0.25, 0.3) is 0 Å². The van der Waals surface area contributed by atoms with Crippen LogP contribution in [0, 0.1) is 5.92 Å². The van der Waals surface area contributed by atoms with Gasteiger partial charge in [0.1, 0.15) is 5.82 Å². The molecule has 2 unspecified atom stereocenters. The fourth-order valence-corrected chi connectivity index (χ4v) is 2.11. The van der Waals surface area contributed by atoms with E-state index in [2.05, 4.69) is 17.2 Å². The first kappa shape index (κ1) is 9.31. The van der Waals surface area contributed by atoms with Crippen LogP contribution in [-0.2, 0) is 0 Å². The van der Waals surface area contributed by atoms with Crippen LogP contribution < -0.4 is 11.1 Å². The van der Waals surface area contributed by atoms with E-state index in [1.54, 1.807) is 6.20 Å². The molecule has 3 N–H and O–H groups in total. The highest BCUT2D eigenvalue weighted by Gasteiger charge is 2.20. The van der Waals surface area contributed by atoms with Gasteiger partial charge in [0.05, 0.1) is 0 Å². The van der Waals surface area contributed by atoms with Crippen LogP contribution in [0.1, 0.15) is 26.2 Å². The van der Waals surface area contributed by atoms with Gasteiger partial charge in [0.2, 0.25) is 0 Å². The summed E-state index contributed by atoms with van der Waals surface area (Å²) in [5.41, 5.74) is 6.70. The van der Waals surface area contributed by atoms with E-state index in [1.165, 1.54) is 19.3 Å². The highest BCUT2D eigenvalue weighted by molar-refractivity contribution is 5.50. The molecule has 1 aromatic heterocycles. The summed E-state index contributed by atoms with van der Waals surface area (Å²) in [5, 5.41) is 3.49. The molecule has 0 aromatic carbocycles. The fraction of sp³-hybridized carbons (Fsp3) is 0.545. The summed E-state index contributed by atoms with van der Waals surface area (Å²) in [6.07, 6.45) is 5.61. The van der Waals surface area contributed by atoms with Gasteiger partial charge in [-0.1, -0.05) is 6.92 Å². The van der Waals surface area contributed by atoms with Crippen LogP contribution >= 0.6 is 0 Å². The zero-order valence-corrected chi connectivity index (χ0v) is 8.53. The largest absolute Gasteiger partial charge is 0.384 e. The van der Waals surface area contributed by atoms with E-state index < -0.39 is 0 Å². The number of hydrogen-bond acceptors (Lipinski definition) is 3. The molecule has 3 heteroatoms. The standard InChI is InChI=1S/C11H17N3/c1-8-2-3-9(6-8)14-10-4-5-13-11(12)7-10/h4-5,7-9H,2-3,6H2,1H3,(H3,12,13,14). The summed E-state index contributed by atoms with van der Waals surface area (Å²) >= 11 is 0. The average molecular weight is 191 g/mol. The van der Waals surface area contributed by atoms with E-state index in [9.17, 15) is 0 Å². The van der Waals surface area contributed by atoms with Gasteiger partial charge in [-0.05, 0) is 31.2 Å². The Morgan fingerprint density at radius 3 is 3.00 bits per heavy atom. The van der Waals surface area contributed by atoms with Crippen molar-refractivity contribution in [1.29, 1.82) is 0 Å². The summed E-state index contributed by atoms with van der Waals surface area (Å²) in [4.78, 5) is 3.97. The van der Waals surface area contributed by atoms with E-state index in [1.807, 2.05) is 12.1 Å². The van der Waals surface area contributed by atoms with Crippen molar-refractivity contribution in [3.8, 4) is 0 Å². The van der Waals surface area contributed by atoms with Gasteiger partial charge in [0.15, 0.2) is 0 Å². The molecule has 3 nitrogen and oxygen atoms in total. The predicted molar refractivity (Wildman–Crippen MR) is 59.1 cm³/mol. The lowest BCUT2D eigenvalue weighted by Gasteiger charge is -2.13. The Labute approximate surface area is 84.7 Å². The molecule has 0 bridgehead atoms. The highest BCUT2D eigenvalue weighted by Crippen LogP contribution is 2.27. The Bertz CT molecular complexity index is 311. The third kappa shape index (κ3) is 2.16. The van der Waals surface area contributed by atoms with Crippen LogP contribution in [0.5, 0.6) is 0 Å². The third-order valence-electron chi connectivity index (χ3n) is 2.85. The minimum Gasteiger partial charge on any atom is -0.384 e. The second kappa shape index (κ2) is 3.86. The Kier molecular flexibility index (Phi) is 2.57. The van der Waals surface area contributed by atoms with Crippen molar-refractivity contribution in [3.63, 3.8) is 0 Å². The number of anilines is 2. The van der Waals surface area contributed by atoms with Gasteiger partial charge >= 0.3 is 0 Å². The van der Waals surface area contributed by atoms with Crippen LogP contribution in [-0.4, -0.2) is 11.0 Å². The molecule has 0 aliphatic heterocycles. The van der Waals surface area contributed by atoms with E-state index in [-0.39, 0.29) is 0 Å². The minimum absolute atomic E-state index is 0.584. The zero-order valence-electron chi connectivity index (χ0n) is 8.53. The van der Waals surface area contributed by atoms with Crippen molar-refractivity contribution in [2.24, 2.45) is 5.92 Å². The molecule has 2 atom stereocenters. The van der Waals surface area contributed by atoms with Crippen molar-refractivity contribution in [2.45, 2.75) is 32.2 Å². The number of pyridine rings is 1. The Balaban J connectivity index is 1.97. The molecule has 1 aliphatic rings. The van der Waals surface area contributed by atoms with Crippen LogP contribution in [0.2, 0.25) is 0 Å². The molecule has 0 amide bonds. The normalized spacial score (nSPS) is 26.4. The summed E-state index contributed by atoms with van der Waals surface area (Å²) in [5.74, 6) is 1.44. The molecule has 2 rings (SSSR count). The van der Waals surface area contributed by atoms with Crippen molar-refractivity contribution in [2.75, 3.05) is 11.1 Å². The smallest absolute Gasteiger partial charge is 0.125 e. The second-order valence-corrected chi connectivity index (χ2v) is 4.23. The highest BCUT2D eigenvalue weighted by atomic mass is 14.9. The maximum absolute atomic E-state index is 5.61. The lowest BCUT2D eigenvalue weighted by Crippen LogP contribution is -2.15. The Morgan fingerprint density at radius 1 is 1.50 bits per heavy atom. The van der Waals surface area contributed by atoms with Crippen LogP contribution in [0.25, 0.3) is 0 Å². The van der Waals surface area contributed by atoms with Crippen molar-refractivity contribution in [3.05, 3.63) is 18.3 Å². The molecule has 0 radical (unpaired) electrons. The number of nitrogens with zero attached hydrogens (tertiary/aromatic N) is 1. The summed E-state index contributed by atoms with van der Waals surface area (Å²) < 4.78 is 0. The van der Waals surface area contributed by atoms with Gasteiger partial charge in [-0.2, -0.15) is 0 Å². The first-order valence-corrected chi connectivity index (χ1v) is 5.22. The Hall–Kier alpha value is -1.25. The van der Waals surface area contributed by atoms with Gasteiger partial charge < -0.3 is 11.1 Å². The van der Waals surface area contributed by atoms with Gasteiger partial charge in [-0.3, -0.25) is 0 Å². The molecule has 0 saturated heterocycles. The molecule has 1 saturated carbocycles. The van der Waals surface area contributed by atoms with Gasteiger partial charge in [-0.25, -0.2) is 4.98 Å². The molecular weight excluding hydrogens is 174 g/mol. The molecule has 0 spiro atoms.